The summed E-state index contributed by atoms with van der Waals surface area (Å²) in [6.45, 7) is 0. The van der Waals surface area contributed by atoms with Gasteiger partial charge in [0.05, 0.1) is 5.69 Å². The zero-order valence-electron chi connectivity index (χ0n) is 6.22. The van der Waals surface area contributed by atoms with Crippen LogP contribution >= 0.6 is 0 Å². The molecule has 12 heavy (non-hydrogen) atoms. The van der Waals surface area contributed by atoms with E-state index >= 15 is 0 Å². The molecule has 0 fully saturated rings. The van der Waals surface area contributed by atoms with Gasteiger partial charge in [0, 0.05) is 13.2 Å². The molecular weight excluding hydrogens is 171 g/mol. The molecule has 1 heterocycles. The van der Waals surface area contributed by atoms with Gasteiger partial charge in [-0.25, -0.2) is 0 Å². The van der Waals surface area contributed by atoms with Crippen molar-refractivity contribution in [3.8, 4) is 0 Å². The number of alkyl halides is 3. The second-order valence-electron chi connectivity index (χ2n) is 2.33. The smallest absolute Gasteiger partial charge is 0.348 e. The molecule has 0 aliphatic heterocycles. The number of aromatic nitrogens is 1. The molecule has 0 saturated carbocycles. The van der Waals surface area contributed by atoms with Crippen LogP contribution in [0.25, 0.3) is 0 Å². The van der Waals surface area contributed by atoms with Gasteiger partial charge in [0.2, 0.25) is 0 Å². The molecule has 0 spiro atoms. The van der Waals surface area contributed by atoms with Crippen molar-refractivity contribution in [1.82, 2.24) is 4.57 Å². The minimum Gasteiger partial charge on any atom is -0.348 e. The summed E-state index contributed by atoms with van der Waals surface area (Å²) in [4.78, 5) is 10.6. The van der Waals surface area contributed by atoms with Gasteiger partial charge in [0.1, 0.15) is 0 Å². The van der Waals surface area contributed by atoms with E-state index in [4.69, 9.17) is 0 Å². The van der Waals surface area contributed by atoms with E-state index < -0.39 is 12.0 Å². The van der Waals surface area contributed by atoms with E-state index in [9.17, 15) is 18.0 Å². The maximum Gasteiger partial charge on any atom is 0.456 e. The fraction of sp³-hybridized carbons (Fsp3) is 0.286. The Hall–Kier alpha value is -1.26. The average Bonchev–Trinajstić information content (AvgIpc) is 2.31. The predicted octanol–water partition coefficient (Wildman–Crippen LogP) is 1.77. The molecule has 0 aliphatic carbocycles. The lowest BCUT2D eigenvalue weighted by Crippen LogP contribution is -2.24. The van der Waals surface area contributed by atoms with Gasteiger partial charge in [0.15, 0.2) is 0 Å². The highest BCUT2D eigenvalue weighted by atomic mass is 19.4. The lowest BCUT2D eigenvalue weighted by Gasteiger charge is -2.05. The second-order valence-corrected chi connectivity index (χ2v) is 2.33. The van der Waals surface area contributed by atoms with Crippen LogP contribution in [0.3, 0.4) is 0 Å². The van der Waals surface area contributed by atoms with Gasteiger partial charge in [-0.15, -0.1) is 0 Å². The van der Waals surface area contributed by atoms with Gasteiger partial charge in [0.25, 0.3) is 5.78 Å². The molecule has 0 aliphatic rings. The first-order valence-electron chi connectivity index (χ1n) is 3.16. The van der Waals surface area contributed by atoms with Crippen LogP contribution in [0.4, 0.5) is 13.2 Å². The largest absolute Gasteiger partial charge is 0.456 e. The zero-order valence-corrected chi connectivity index (χ0v) is 6.22. The quantitative estimate of drug-likeness (QED) is 0.599. The molecule has 66 valence electrons. The van der Waals surface area contributed by atoms with Gasteiger partial charge >= 0.3 is 6.18 Å². The standard InChI is InChI=1S/C7H6F3NO/c1-11-4-2-3-5(11)6(12)7(8,9)10/h2-4H,1H3. The van der Waals surface area contributed by atoms with Gasteiger partial charge in [-0.3, -0.25) is 4.79 Å². The van der Waals surface area contributed by atoms with Crippen molar-refractivity contribution in [2.75, 3.05) is 0 Å². The first-order chi connectivity index (χ1) is 5.43. The fourth-order valence-corrected chi connectivity index (χ4v) is 0.842. The third-order valence-corrected chi connectivity index (χ3v) is 1.43. The maximum absolute atomic E-state index is 11.8. The molecular formula is C7H6F3NO. The monoisotopic (exact) mass is 177 g/mol. The minimum atomic E-state index is -4.79. The summed E-state index contributed by atoms with van der Waals surface area (Å²) >= 11 is 0. The predicted molar refractivity (Wildman–Crippen MR) is 35.8 cm³/mol. The van der Waals surface area contributed by atoms with Crippen molar-refractivity contribution in [3.05, 3.63) is 24.0 Å². The number of ketones is 1. The van der Waals surface area contributed by atoms with Crippen LogP contribution in [-0.4, -0.2) is 16.5 Å². The maximum atomic E-state index is 11.8. The van der Waals surface area contributed by atoms with Crippen LogP contribution in [0.5, 0.6) is 0 Å². The average molecular weight is 177 g/mol. The van der Waals surface area contributed by atoms with Crippen LogP contribution in [0.2, 0.25) is 0 Å². The fourth-order valence-electron chi connectivity index (χ4n) is 0.842. The topological polar surface area (TPSA) is 22.0 Å². The first kappa shape index (κ1) is 8.83. The van der Waals surface area contributed by atoms with Crippen molar-refractivity contribution in [2.45, 2.75) is 6.18 Å². The highest BCUT2D eigenvalue weighted by Gasteiger charge is 2.40. The summed E-state index contributed by atoms with van der Waals surface area (Å²) in [7, 11) is 1.39. The number of carbonyl (C=O) groups is 1. The summed E-state index contributed by atoms with van der Waals surface area (Å²) in [6, 6.07) is 2.52. The van der Waals surface area contributed by atoms with Crippen molar-refractivity contribution in [2.24, 2.45) is 7.05 Å². The number of nitrogens with zero attached hydrogens (tertiary/aromatic N) is 1. The lowest BCUT2D eigenvalue weighted by atomic mass is 10.3. The number of hydrogen-bond donors (Lipinski definition) is 0. The molecule has 1 rings (SSSR count). The van der Waals surface area contributed by atoms with E-state index in [-0.39, 0.29) is 5.69 Å². The van der Waals surface area contributed by atoms with Gasteiger partial charge in [-0.05, 0) is 12.1 Å². The third-order valence-electron chi connectivity index (χ3n) is 1.43. The molecule has 0 saturated heterocycles. The Morgan fingerprint density at radius 1 is 1.50 bits per heavy atom. The summed E-state index contributed by atoms with van der Waals surface area (Å²) in [5.74, 6) is -1.81. The molecule has 2 nitrogen and oxygen atoms in total. The molecule has 1 aromatic rings. The van der Waals surface area contributed by atoms with Gasteiger partial charge in [-0.2, -0.15) is 13.2 Å². The first-order valence-corrected chi connectivity index (χ1v) is 3.16. The Morgan fingerprint density at radius 3 is 2.42 bits per heavy atom. The summed E-state index contributed by atoms with van der Waals surface area (Å²) in [6.07, 6.45) is -3.40. The molecule has 1 aromatic heterocycles. The van der Waals surface area contributed by atoms with Crippen LogP contribution in [0, 0.1) is 0 Å². The van der Waals surface area contributed by atoms with Gasteiger partial charge in [-0.1, -0.05) is 0 Å². The molecule has 0 aromatic carbocycles. The Kier molecular flexibility index (Phi) is 1.95. The van der Waals surface area contributed by atoms with Crippen LogP contribution < -0.4 is 0 Å². The summed E-state index contributed by atoms with van der Waals surface area (Å²) in [5, 5.41) is 0. The van der Waals surface area contributed by atoms with E-state index in [1.807, 2.05) is 0 Å². The van der Waals surface area contributed by atoms with Crippen molar-refractivity contribution in [1.29, 1.82) is 0 Å². The van der Waals surface area contributed by atoms with Crippen LogP contribution in [0.15, 0.2) is 18.3 Å². The molecule has 0 amide bonds. The number of halogens is 3. The molecule has 0 atom stereocenters. The lowest BCUT2D eigenvalue weighted by molar-refractivity contribution is -0.0890. The Balaban J connectivity index is 3.01. The highest BCUT2D eigenvalue weighted by Crippen LogP contribution is 2.20. The van der Waals surface area contributed by atoms with Crippen LogP contribution in [0.1, 0.15) is 10.5 Å². The molecule has 0 bridgehead atoms. The van der Waals surface area contributed by atoms with E-state index in [2.05, 4.69) is 0 Å². The normalized spacial score (nSPS) is 11.7. The summed E-state index contributed by atoms with van der Waals surface area (Å²) < 4.78 is 36.6. The number of hydrogen-bond acceptors (Lipinski definition) is 1. The second kappa shape index (κ2) is 2.66. The third kappa shape index (κ3) is 1.49. The number of carbonyl (C=O) groups excluding carboxylic acids is 1. The zero-order chi connectivity index (χ0) is 9.35. The SMILES string of the molecule is Cn1cccc1C(=O)C(F)(F)F. The number of Topliss-reactive ketones (excluding diaryl/α,β-unsaturated/α-hetero) is 1. The van der Waals surface area contributed by atoms with E-state index in [1.165, 1.54) is 19.3 Å². The number of aryl methyl sites for hydroxylation is 1. The highest BCUT2D eigenvalue weighted by molar-refractivity contribution is 5.98. The summed E-state index contributed by atoms with van der Waals surface area (Å²) in [5.41, 5.74) is -0.345. The molecule has 0 unspecified atom stereocenters. The van der Waals surface area contributed by atoms with Crippen LogP contribution in [-0.2, 0) is 7.05 Å². The minimum absolute atomic E-state index is 0.345. The Morgan fingerprint density at radius 2 is 2.08 bits per heavy atom. The van der Waals surface area contributed by atoms with E-state index in [1.54, 1.807) is 0 Å². The van der Waals surface area contributed by atoms with Crippen molar-refractivity contribution >= 4 is 5.78 Å². The van der Waals surface area contributed by atoms with Crippen molar-refractivity contribution in [3.63, 3.8) is 0 Å². The Bertz CT molecular complexity index is 300. The Labute approximate surface area is 66.6 Å². The van der Waals surface area contributed by atoms with Crippen molar-refractivity contribution < 1.29 is 18.0 Å². The number of rotatable bonds is 1. The van der Waals surface area contributed by atoms with E-state index in [0.29, 0.717) is 0 Å². The molecule has 0 radical (unpaired) electrons. The van der Waals surface area contributed by atoms with E-state index in [0.717, 1.165) is 10.6 Å². The molecule has 0 N–H and O–H groups in total. The van der Waals surface area contributed by atoms with Gasteiger partial charge < -0.3 is 4.57 Å². The molecule has 5 heteroatoms.